The van der Waals surface area contributed by atoms with Crippen molar-refractivity contribution in [1.29, 1.82) is 0 Å². The van der Waals surface area contributed by atoms with Crippen LogP contribution in [0, 0.1) is 0 Å². The van der Waals surface area contributed by atoms with Crippen molar-refractivity contribution in [2.75, 3.05) is 7.11 Å². The monoisotopic (exact) mass is 194 g/mol. The summed E-state index contributed by atoms with van der Waals surface area (Å²) in [7, 11) is 1.64. The van der Waals surface area contributed by atoms with Gasteiger partial charge >= 0.3 is 0 Å². The van der Waals surface area contributed by atoms with E-state index in [1.807, 2.05) is 24.3 Å². The second-order valence-electron chi connectivity index (χ2n) is 3.43. The molecule has 1 aromatic rings. The number of ether oxygens (including phenoxy) is 1. The third-order valence-electron chi connectivity index (χ3n) is 2.33. The van der Waals surface area contributed by atoms with Gasteiger partial charge in [0.1, 0.15) is 5.75 Å². The first-order valence-corrected chi connectivity index (χ1v) is 5.10. The van der Waals surface area contributed by atoms with Crippen molar-refractivity contribution in [3.63, 3.8) is 0 Å². The first kappa shape index (κ1) is 11.1. The highest BCUT2D eigenvalue weighted by atomic mass is 16.5. The molecule has 0 heterocycles. The van der Waals surface area contributed by atoms with Gasteiger partial charge in [-0.05, 0) is 24.1 Å². The van der Waals surface area contributed by atoms with Crippen LogP contribution >= 0.6 is 0 Å². The summed E-state index contributed by atoms with van der Waals surface area (Å²) in [5.41, 5.74) is 0.972. The molecule has 0 spiro atoms. The maximum absolute atomic E-state index is 9.77. The van der Waals surface area contributed by atoms with Crippen LogP contribution < -0.4 is 4.74 Å². The van der Waals surface area contributed by atoms with E-state index >= 15 is 0 Å². The zero-order chi connectivity index (χ0) is 10.4. The minimum absolute atomic E-state index is 0.333. The van der Waals surface area contributed by atoms with Gasteiger partial charge in [-0.2, -0.15) is 0 Å². The lowest BCUT2D eigenvalue weighted by molar-refractivity contribution is 0.164. The summed E-state index contributed by atoms with van der Waals surface area (Å²) in [6.07, 6.45) is 2.68. The van der Waals surface area contributed by atoms with Gasteiger partial charge in [0, 0.05) is 0 Å². The highest BCUT2D eigenvalue weighted by Crippen LogP contribution is 2.21. The largest absolute Gasteiger partial charge is 0.497 e. The molecule has 1 rings (SSSR count). The molecular weight excluding hydrogens is 176 g/mol. The van der Waals surface area contributed by atoms with Gasteiger partial charge in [-0.1, -0.05) is 31.9 Å². The van der Waals surface area contributed by atoms with Gasteiger partial charge < -0.3 is 9.84 Å². The number of hydrogen-bond acceptors (Lipinski definition) is 2. The van der Waals surface area contributed by atoms with Crippen molar-refractivity contribution in [2.45, 2.75) is 32.3 Å². The third kappa shape index (κ3) is 3.04. The maximum Gasteiger partial charge on any atom is 0.118 e. The molecule has 1 aromatic carbocycles. The fourth-order valence-corrected chi connectivity index (χ4v) is 1.39. The van der Waals surface area contributed by atoms with Gasteiger partial charge in [-0.15, -0.1) is 0 Å². The average Bonchev–Trinajstić information content (AvgIpc) is 2.26. The molecule has 2 nitrogen and oxygen atoms in total. The molecule has 0 radical (unpaired) electrons. The Morgan fingerprint density at radius 3 is 2.43 bits per heavy atom. The first-order valence-electron chi connectivity index (χ1n) is 5.10. The van der Waals surface area contributed by atoms with E-state index < -0.39 is 0 Å². The Morgan fingerprint density at radius 2 is 1.93 bits per heavy atom. The van der Waals surface area contributed by atoms with Gasteiger partial charge in [0.2, 0.25) is 0 Å². The van der Waals surface area contributed by atoms with E-state index in [-0.39, 0.29) is 6.10 Å². The summed E-state index contributed by atoms with van der Waals surface area (Å²) in [5.74, 6) is 0.830. The number of rotatable bonds is 5. The lowest BCUT2D eigenvalue weighted by Crippen LogP contribution is -1.96. The highest BCUT2D eigenvalue weighted by molar-refractivity contribution is 5.28. The molecule has 14 heavy (non-hydrogen) atoms. The fraction of sp³-hybridized carbons (Fsp3) is 0.500. The van der Waals surface area contributed by atoms with Crippen molar-refractivity contribution in [3.8, 4) is 5.75 Å². The summed E-state index contributed by atoms with van der Waals surface area (Å²) < 4.78 is 5.05. The van der Waals surface area contributed by atoms with E-state index in [1.165, 1.54) is 0 Å². The molecular formula is C12H18O2. The van der Waals surface area contributed by atoms with E-state index in [1.54, 1.807) is 7.11 Å². The Balaban J connectivity index is 2.57. The lowest BCUT2D eigenvalue weighted by Gasteiger charge is -2.10. The molecule has 2 heteroatoms. The molecule has 0 saturated carbocycles. The normalized spacial score (nSPS) is 12.5. The van der Waals surface area contributed by atoms with Gasteiger partial charge in [-0.3, -0.25) is 0 Å². The maximum atomic E-state index is 9.77. The summed E-state index contributed by atoms with van der Waals surface area (Å²) in [6, 6.07) is 7.59. The van der Waals surface area contributed by atoms with Crippen molar-refractivity contribution in [3.05, 3.63) is 29.8 Å². The molecule has 0 unspecified atom stereocenters. The number of aliphatic hydroxyl groups excluding tert-OH is 1. The van der Waals surface area contributed by atoms with Crippen LogP contribution in [-0.2, 0) is 0 Å². The van der Waals surface area contributed by atoms with Crippen LogP contribution in [-0.4, -0.2) is 12.2 Å². The lowest BCUT2D eigenvalue weighted by atomic mass is 10.0. The van der Waals surface area contributed by atoms with Crippen LogP contribution in [0.4, 0.5) is 0 Å². The van der Waals surface area contributed by atoms with E-state index in [0.29, 0.717) is 0 Å². The summed E-state index contributed by atoms with van der Waals surface area (Å²) in [6.45, 7) is 2.13. The van der Waals surface area contributed by atoms with Crippen molar-refractivity contribution in [1.82, 2.24) is 0 Å². The Labute approximate surface area is 85.5 Å². The van der Waals surface area contributed by atoms with Gasteiger partial charge in [0.25, 0.3) is 0 Å². The van der Waals surface area contributed by atoms with Crippen LogP contribution in [0.5, 0.6) is 5.75 Å². The molecule has 0 amide bonds. The number of methoxy groups -OCH3 is 1. The van der Waals surface area contributed by atoms with Crippen LogP contribution in [0.15, 0.2) is 24.3 Å². The molecule has 0 saturated heterocycles. The minimum atomic E-state index is -0.333. The SMILES string of the molecule is CCCC[C@H](O)c1ccc(OC)cc1. The molecule has 78 valence electrons. The molecule has 0 bridgehead atoms. The fourth-order valence-electron chi connectivity index (χ4n) is 1.39. The third-order valence-corrected chi connectivity index (χ3v) is 2.33. The molecule has 0 aliphatic heterocycles. The van der Waals surface area contributed by atoms with E-state index in [0.717, 1.165) is 30.6 Å². The zero-order valence-electron chi connectivity index (χ0n) is 8.86. The Hall–Kier alpha value is -1.02. The Morgan fingerprint density at radius 1 is 1.29 bits per heavy atom. The summed E-state index contributed by atoms with van der Waals surface area (Å²) >= 11 is 0. The van der Waals surface area contributed by atoms with Crippen LogP contribution in [0.3, 0.4) is 0 Å². The van der Waals surface area contributed by atoms with Gasteiger partial charge in [0.15, 0.2) is 0 Å². The second-order valence-corrected chi connectivity index (χ2v) is 3.43. The van der Waals surface area contributed by atoms with Crippen molar-refractivity contribution in [2.24, 2.45) is 0 Å². The quantitative estimate of drug-likeness (QED) is 0.781. The van der Waals surface area contributed by atoms with Crippen LogP contribution in [0.1, 0.15) is 37.9 Å². The van der Waals surface area contributed by atoms with Gasteiger partial charge in [0.05, 0.1) is 13.2 Å². The number of aliphatic hydroxyl groups is 1. The molecule has 0 fully saturated rings. The van der Waals surface area contributed by atoms with E-state index in [4.69, 9.17) is 4.74 Å². The number of benzene rings is 1. The van der Waals surface area contributed by atoms with E-state index in [9.17, 15) is 5.11 Å². The van der Waals surface area contributed by atoms with Crippen LogP contribution in [0.25, 0.3) is 0 Å². The molecule has 0 aliphatic rings. The second kappa shape index (κ2) is 5.66. The zero-order valence-corrected chi connectivity index (χ0v) is 8.86. The topological polar surface area (TPSA) is 29.5 Å². The highest BCUT2D eigenvalue weighted by Gasteiger charge is 2.05. The molecule has 1 N–H and O–H groups in total. The average molecular weight is 194 g/mol. The number of hydrogen-bond donors (Lipinski definition) is 1. The van der Waals surface area contributed by atoms with Crippen LogP contribution in [0.2, 0.25) is 0 Å². The Kier molecular flexibility index (Phi) is 4.47. The minimum Gasteiger partial charge on any atom is -0.497 e. The first-order chi connectivity index (χ1) is 6.77. The van der Waals surface area contributed by atoms with Crippen molar-refractivity contribution < 1.29 is 9.84 Å². The smallest absolute Gasteiger partial charge is 0.118 e. The summed E-state index contributed by atoms with van der Waals surface area (Å²) in [5, 5.41) is 9.77. The standard InChI is InChI=1S/C12H18O2/c1-3-4-5-12(13)10-6-8-11(14-2)9-7-10/h6-9,12-13H,3-5H2,1-2H3/t12-/m0/s1. The predicted molar refractivity (Wildman–Crippen MR) is 57.5 cm³/mol. The van der Waals surface area contributed by atoms with E-state index in [2.05, 4.69) is 6.92 Å². The predicted octanol–water partition coefficient (Wildman–Crippen LogP) is 2.92. The Bertz CT molecular complexity index is 254. The van der Waals surface area contributed by atoms with Crippen molar-refractivity contribution >= 4 is 0 Å². The van der Waals surface area contributed by atoms with Gasteiger partial charge in [-0.25, -0.2) is 0 Å². The number of unbranched alkanes of at least 4 members (excludes halogenated alkanes) is 1. The molecule has 1 atom stereocenters. The molecule has 0 aromatic heterocycles. The molecule has 0 aliphatic carbocycles. The summed E-state index contributed by atoms with van der Waals surface area (Å²) in [4.78, 5) is 0.